The van der Waals surface area contributed by atoms with E-state index in [9.17, 15) is 4.39 Å². The number of aryl methyl sites for hydroxylation is 2. The van der Waals surface area contributed by atoms with Gasteiger partial charge in [-0.25, -0.2) is 9.37 Å². The van der Waals surface area contributed by atoms with Crippen LogP contribution in [-0.4, -0.2) is 16.5 Å². The zero-order valence-electron chi connectivity index (χ0n) is 16.9. The Balaban J connectivity index is 0.00000240. The molecule has 0 spiro atoms. The van der Waals surface area contributed by atoms with E-state index in [2.05, 4.69) is 59.4 Å². The molecule has 1 N–H and O–H groups in total. The van der Waals surface area contributed by atoms with Crippen molar-refractivity contribution < 1.29 is 4.39 Å². The summed E-state index contributed by atoms with van der Waals surface area (Å²) in [5, 5.41) is 3.27. The lowest BCUT2D eigenvalue weighted by molar-refractivity contribution is 0.616. The predicted octanol–water partition coefficient (Wildman–Crippen LogP) is 5.78. The van der Waals surface area contributed by atoms with Gasteiger partial charge < -0.3 is 10.2 Å². The molecule has 0 radical (unpaired) electrons. The Hall–Kier alpha value is -2.66. The summed E-state index contributed by atoms with van der Waals surface area (Å²) in [6, 6.07) is 15.6. The van der Waals surface area contributed by atoms with E-state index < -0.39 is 0 Å². The quantitative estimate of drug-likeness (QED) is 0.590. The van der Waals surface area contributed by atoms with E-state index in [-0.39, 0.29) is 24.3 Å². The van der Waals surface area contributed by atoms with Gasteiger partial charge in [-0.1, -0.05) is 31.2 Å². The van der Waals surface area contributed by atoms with Gasteiger partial charge in [0.15, 0.2) is 0 Å². The summed E-state index contributed by atoms with van der Waals surface area (Å²) >= 11 is 0. The molecule has 1 aromatic heterocycles. The van der Waals surface area contributed by atoms with Crippen LogP contribution in [0.3, 0.4) is 0 Å². The predicted molar refractivity (Wildman–Crippen MR) is 119 cm³/mol. The van der Waals surface area contributed by atoms with E-state index in [1.54, 1.807) is 6.07 Å². The molecule has 0 amide bonds. The number of anilines is 3. The van der Waals surface area contributed by atoms with Gasteiger partial charge in [-0.3, -0.25) is 0 Å². The van der Waals surface area contributed by atoms with Crippen LogP contribution in [0.1, 0.15) is 42.3 Å². The zero-order chi connectivity index (χ0) is 19.7. The Morgan fingerprint density at radius 3 is 2.69 bits per heavy atom. The molecular weight excluding hydrogens is 387 g/mol. The fraction of sp³-hybridized carbons (Fsp3) is 0.304. The third-order valence-corrected chi connectivity index (χ3v) is 5.45. The molecule has 3 aromatic rings. The highest BCUT2D eigenvalue weighted by Gasteiger charge is 2.25. The number of aromatic nitrogens is 2. The first kappa shape index (κ1) is 21.1. The topological polar surface area (TPSA) is 41.1 Å². The summed E-state index contributed by atoms with van der Waals surface area (Å²) in [7, 11) is 0. The summed E-state index contributed by atoms with van der Waals surface area (Å²) in [4.78, 5) is 11.8. The molecule has 1 aliphatic rings. The zero-order valence-corrected chi connectivity index (χ0v) is 17.8. The van der Waals surface area contributed by atoms with Gasteiger partial charge >= 0.3 is 0 Å². The molecule has 29 heavy (non-hydrogen) atoms. The molecule has 2 heterocycles. The van der Waals surface area contributed by atoms with E-state index in [4.69, 9.17) is 4.98 Å². The minimum Gasteiger partial charge on any atom is -0.349 e. The van der Waals surface area contributed by atoms with Gasteiger partial charge in [-0.05, 0) is 61.6 Å². The maximum atomic E-state index is 13.4. The molecule has 1 atom stereocenters. The minimum atomic E-state index is -0.243. The second-order valence-corrected chi connectivity index (χ2v) is 7.30. The van der Waals surface area contributed by atoms with Crippen molar-refractivity contribution in [3.05, 3.63) is 76.7 Å². The van der Waals surface area contributed by atoms with Crippen LogP contribution in [0.2, 0.25) is 0 Å². The number of fused-ring (bicyclic) bond motifs is 1. The van der Waals surface area contributed by atoms with Gasteiger partial charge in [0, 0.05) is 24.0 Å². The molecule has 2 aromatic carbocycles. The number of hydrogen-bond donors (Lipinski definition) is 1. The number of nitrogens with zero attached hydrogens (tertiary/aromatic N) is 3. The van der Waals surface area contributed by atoms with Crippen molar-refractivity contribution in [2.45, 2.75) is 39.7 Å². The molecule has 1 aliphatic heterocycles. The van der Waals surface area contributed by atoms with Crippen LogP contribution in [0.4, 0.5) is 21.8 Å². The third-order valence-electron chi connectivity index (χ3n) is 5.45. The van der Waals surface area contributed by atoms with Crippen LogP contribution < -0.4 is 10.2 Å². The second kappa shape index (κ2) is 8.78. The number of halogens is 2. The van der Waals surface area contributed by atoms with Crippen molar-refractivity contribution in [2.75, 3.05) is 16.8 Å². The first-order valence-electron chi connectivity index (χ1n) is 9.80. The van der Waals surface area contributed by atoms with Crippen LogP contribution >= 0.6 is 12.4 Å². The van der Waals surface area contributed by atoms with Crippen LogP contribution in [0.15, 0.2) is 48.5 Å². The van der Waals surface area contributed by atoms with Crippen LogP contribution in [-0.2, 0) is 12.8 Å². The van der Waals surface area contributed by atoms with E-state index in [1.165, 1.54) is 23.3 Å². The van der Waals surface area contributed by atoms with Crippen LogP contribution in [0.25, 0.3) is 0 Å². The fourth-order valence-electron chi connectivity index (χ4n) is 3.84. The van der Waals surface area contributed by atoms with Gasteiger partial charge in [0.25, 0.3) is 0 Å². The van der Waals surface area contributed by atoms with E-state index in [0.29, 0.717) is 5.95 Å². The van der Waals surface area contributed by atoms with Crippen LogP contribution in [0.5, 0.6) is 0 Å². The SMILES string of the molecule is CCc1cc(N2CCc3ccccc3C2C)nc(Nc2ccc(F)cc2C)n1.Cl. The Bertz CT molecular complexity index is 1010. The summed E-state index contributed by atoms with van der Waals surface area (Å²) in [6.45, 7) is 7.11. The number of benzene rings is 2. The lowest BCUT2D eigenvalue weighted by atomic mass is 9.93. The molecule has 0 bridgehead atoms. The van der Waals surface area contributed by atoms with Crippen molar-refractivity contribution in [1.29, 1.82) is 0 Å². The number of nitrogens with one attached hydrogen (secondary N) is 1. The molecular formula is C23H26ClFN4. The van der Waals surface area contributed by atoms with Crippen LogP contribution in [0, 0.1) is 12.7 Å². The van der Waals surface area contributed by atoms with Gasteiger partial charge in [0.05, 0.1) is 6.04 Å². The van der Waals surface area contributed by atoms with Gasteiger partial charge in [0.1, 0.15) is 11.6 Å². The smallest absolute Gasteiger partial charge is 0.229 e. The Kier molecular flexibility index (Phi) is 6.38. The molecule has 0 saturated carbocycles. The Morgan fingerprint density at radius 1 is 1.14 bits per heavy atom. The van der Waals surface area contributed by atoms with Crippen molar-refractivity contribution in [3.8, 4) is 0 Å². The molecule has 152 valence electrons. The molecule has 6 heteroatoms. The summed E-state index contributed by atoms with van der Waals surface area (Å²) in [5.41, 5.74) is 5.40. The highest BCUT2D eigenvalue weighted by Crippen LogP contribution is 2.33. The molecule has 1 unspecified atom stereocenters. The van der Waals surface area contributed by atoms with Crippen molar-refractivity contribution in [2.24, 2.45) is 0 Å². The Labute approximate surface area is 177 Å². The van der Waals surface area contributed by atoms with Gasteiger partial charge in [-0.2, -0.15) is 4.98 Å². The molecule has 0 aliphatic carbocycles. The largest absolute Gasteiger partial charge is 0.349 e. The van der Waals surface area contributed by atoms with E-state index in [1.807, 2.05) is 6.92 Å². The second-order valence-electron chi connectivity index (χ2n) is 7.30. The fourth-order valence-corrected chi connectivity index (χ4v) is 3.84. The van der Waals surface area contributed by atoms with Gasteiger partial charge in [-0.15, -0.1) is 12.4 Å². The van der Waals surface area contributed by atoms with Gasteiger partial charge in [0.2, 0.25) is 5.95 Å². The van der Waals surface area contributed by atoms with Crippen molar-refractivity contribution in [3.63, 3.8) is 0 Å². The van der Waals surface area contributed by atoms with Crippen molar-refractivity contribution >= 4 is 29.9 Å². The molecule has 4 nitrogen and oxygen atoms in total. The monoisotopic (exact) mass is 412 g/mol. The lowest BCUT2D eigenvalue weighted by Crippen LogP contribution is -2.34. The standard InChI is InChI=1S/C23H25FN4.ClH/c1-4-19-14-22(28-12-11-17-7-5-6-8-20(17)16(28)3)27-23(25-19)26-21-10-9-18(24)13-15(21)2;/h5-10,13-14,16H,4,11-12H2,1-3H3,(H,25,26,27);1H. The minimum absolute atomic E-state index is 0. The third kappa shape index (κ3) is 4.35. The maximum Gasteiger partial charge on any atom is 0.229 e. The van der Waals surface area contributed by atoms with E-state index in [0.717, 1.165) is 42.1 Å². The number of rotatable bonds is 4. The molecule has 0 saturated heterocycles. The number of hydrogen-bond acceptors (Lipinski definition) is 4. The Morgan fingerprint density at radius 2 is 1.93 bits per heavy atom. The summed E-state index contributed by atoms with van der Waals surface area (Å²) in [6.07, 6.45) is 1.83. The first-order chi connectivity index (χ1) is 13.5. The molecule has 4 rings (SSSR count). The highest BCUT2D eigenvalue weighted by molar-refractivity contribution is 5.85. The maximum absolute atomic E-state index is 13.4. The van der Waals surface area contributed by atoms with E-state index >= 15 is 0 Å². The highest BCUT2D eigenvalue weighted by atomic mass is 35.5. The summed E-state index contributed by atoms with van der Waals surface area (Å²) in [5.74, 6) is 1.24. The first-order valence-corrected chi connectivity index (χ1v) is 9.80. The lowest BCUT2D eigenvalue weighted by Gasteiger charge is -2.36. The summed E-state index contributed by atoms with van der Waals surface area (Å²) < 4.78 is 13.4. The van der Waals surface area contributed by atoms with Crippen molar-refractivity contribution in [1.82, 2.24) is 9.97 Å². The molecule has 0 fully saturated rings. The average molecular weight is 413 g/mol. The normalized spacial score (nSPS) is 15.4. The average Bonchev–Trinajstić information content (AvgIpc) is 2.70.